The Balaban J connectivity index is 1.70. The van der Waals surface area contributed by atoms with Crippen LogP contribution < -0.4 is 0 Å². The third-order valence-electron chi connectivity index (χ3n) is 4.95. The predicted octanol–water partition coefficient (Wildman–Crippen LogP) is 2.05. The molecule has 2 saturated heterocycles. The van der Waals surface area contributed by atoms with Gasteiger partial charge in [0.05, 0.1) is 11.8 Å². The van der Waals surface area contributed by atoms with Gasteiger partial charge in [-0.2, -0.15) is 0 Å². The van der Waals surface area contributed by atoms with E-state index in [2.05, 4.69) is 23.7 Å². The molecule has 1 N–H and O–H groups in total. The maximum absolute atomic E-state index is 6.11. The van der Waals surface area contributed by atoms with Gasteiger partial charge in [-0.1, -0.05) is 6.92 Å². The van der Waals surface area contributed by atoms with Crippen molar-refractivity contribution in [1.29, 1.82) is 0 Å². The molecule has 2 atom stereocenters. The first kappa shape index (κ1) is 15.0. The van der Waals surface area contributed by atoms with Crippen LogP contribution in [0.5, 0.6) is 0 Å². The largest absolute Gasteiger partial charge is 0.378 e. The zero-order valence-electron chi connectivity index (χ0n) is 13.4. The van der Waals surface area contributed by atoms with E-state index in [4.69, 9.17) is 14.5 Å². The van der Waals surface area contributed by atoms with Crippen molar-refractivity contribution in [2.75, 3.05) is 26.8 Å². The van der Waals surface area contributed by atoms with Crippen molar-refractivity contribution in [2.24, 2.45) is 0 Å². The summed E-state index contributed by atoms with van der Waals surface area (Å²) in [4.78, 5) is 10.6. The molecular weight excluding hydrogens is 266 g/mol. The van der Waals surface area contributed by atoms with E-state index >= 15 is 0 Å². The predicted molar refractivity (Wildman–Crippen MR) is 81.3 cm³/mol. The van der Waals surface area contributed by atoms with Gasteiger partial charge in [0.1, 0.15) is 11.4 Å². The Hall–Kier alpha value is -0.910. The highest BCUT2D eigenvalue weighted by atomic mass is 16.5. The molecule has 1 spiro atoms. The summed E-state index contributed by atoms with van der Waals surface area (Å²) in [6.45, 7) is 8.04. The minimum atomic E-state index is -0.0925. The average Bonchev–Trinajstić information content (AvgIpc) is 3.07. The quantitative estimate of drug-likeness (QED) is 0.923. The van der Waals surface area contributed by atoms with E-state index in [9.17, 15) is 0 Å². The number of aromatic amines is 1. The maximum Gasteiger partial charge on any atom is 0.107 e. The number of piperidine rings is 1. The topological polar surface area (TPSA) is 50.4 Å². The summed E-state index contributed by atoms with van der Waals surface area (Å²) in [5.74, 6) is 1.08. The fourth-order valence-electron chi connectivity index (χ4n) is 3.78. The fourth-order valence-corrected chi connectivity index (χ4v) is 3.78. The van der Waals surface area contributed by atoms with E-state index in [1.807, 2.05) is 7.11 Å². The van der Waals surface area contributed by atoms with Crippen LogP contribution in [0, 0.1) is 6.92 Å². The van der Waals surface area contributed by atoms with Crippen molar-refractivity contribution in [3.05, 3.63) is 17.2 Å². The molecule has 5 heteroatoms. The van der Waals surface area contributed by atoms with E-state index in [1.54, 1.807) is 0 Å². The van der Waals surface area contributed by atoms with Gasteiger partial charge < -0.3 is 14.5 Å². The summed E-state index contributed by atoms with van der Waals surface area (Å²) in [7, 11) is 1.81. The lowest BCUT2D eigenvalue weighted by Crippen LogP contribution is -2.56. The summed E-state index contributed by atoms with van der Waals surface area (Å²) >= 11 is 0. The first-order chi connectivity index (χ1) is 10.2. The third-order valence-corrected chi connectivity index (χ3v) is 4.95. The Kier molecular flexibility index (Phi) is 4.33. The Labute approximate surface area is 127 Å². The second-order valence-corrected chi connectivity index (χ2v) is 6.35. The number of aryl methyl sites for hydroxylation is 2. The summed E-state index contributed by atoms with van der Waals surface area (Å²) in [6, 6.07) is 0. The van der Waals surface area contributed by atoms with Gasteiger partial charge in [0, 0.05) is 45.5 Å². The number of methoxy groups -OCH3 is 1. The summed E-state index contributed by atoms with van der Waals surface area (Å²) < 4.78 is 11.8. The van der Waals surface area contributed by atoms with Crippen molar-refractivity contribution >= 4 is 0 Å². The standard InChI is InChI=1S/C16H27N3O2/c1-4-15-17-12(2)13(18-15)10-19-8-6-14(20-3)16(11-19)7-5-9-21-16/h14H,4-11H2,1-3H3,(H,17,18)/t14-,16-/m0/s1. The number of rotatable bonds is 4. The fraction of sp³-hybridized carbons (Fsp3) is 0.812. The van der Waals surface area contributed by atoms with Gasteiger partial charge in [0.2, 0.25) is 0 Å². The number of nitrogens with zero attached hydrogens (tertiary/aromatic N) is 2. The summed E-state index contributed by atoms with van der Waals surface area (Å²) in [5, 5.41) is 0. The Bertz CT molecular complexity index is 480. The van der Waals surface area contributed by atoms with Gasteiger partial charge in [-0.25, -0.2) is 4.98 Å². The molecule has 1 aromatic rings. The lowest BCUT2D eigenvalue weighted by molar-refractivity contribution is -0.145. The molecule has 0 amide bonds. The molecule has 2 aliphatic heterocycles. The van der Waals surface area contributed by atoms with Crippen molar-refractivity contribution in [3.8, 4) is 0 Å². The van der Waals surface area contributed by atoms with Gasteiger partial charge in [-0.05, 0) is 26.2 Å². The van der Waals surface area contributed by atoms with Crippen LogP contribution in [0.25, 0.3) is 0 Å². The van der Waals surface area contributed by atoms with Crippen molar-refractivity contribution in [2.45, 2.75) is 57.8 Å². The molecule has 1 aromatic heterocycles. The smallest absolute Gasteiger partial charge is 0.107 e. The molecule has 2 fully saturated rings. The molecule has 3 rings (SSSR count). The number of imidazole rings is 1. The molecule has 5 nitrogen and oxygen atoms in total. The van der Waals surface area contributed by atoms with E-state index in [1.165, 1.54) is 11.4 Å². The van der Waals surface area contributed by atoms with Crippen LogP contribution in [-0.4, -0.2) is 53.4 Å². The number of hydrogen-bond donors (Lipinski definition) is 1. The van der Waals surface area contributed by atoms with E-state index < -0.39 is 0 Å². The number of hydrogen-bond acceptors (Lipinski definition) is 4. The number of ether oxygens (including phenoxy) is 2. The Morgan fingerprint density at radius 3 is 3.00 bits per heavy atom. The normalized spacial score (nSPS) is 30.3. The van der Waals surface area contributed by atoms with Crippen LogP contribution in [0.4, 0.5) is 0 Å². The van der Waals surface area contributed by atoms with Crippen LogP contribution in [0.2, 0.25) is 0 Å². The van der Waals surface area contributed by atoms with Crippen LogP contribution in [0.15, 0.2) is 0 Å². The SMILES string of the molecule is CCc1nc(CN2CC[C@H](OC)[C@]3(CCCO3)C2)c(C)[nH]1. The second kappa shape index (κ2) is 6.07. The summed E-state index contributed by atoms with van der Waals surface area (Å²) in [6.07, 6.45) is 4.50. The highest BCUT2D eigenvalue weighted by Crippen LogP contribution is 2.36. The molecule has 0 radical (unpaired) electrons. The van der Waals surface area contributed by atoms with Gasteiger partial charge in [-0.15, -0.1) is 0 Å². The number of likely N-dealkylation sites (tertiary alicyclic amines) is 1. The van der Waals surface area contributed by atoms with E-state index in [0.29, 0.717) is 0 Å². The highest BCUT2D eigenvalue weighted by molar-refractivity contribution is 5.13. The molecule has 0 aromatic carbocycles. The molecule has 0 aliphatic carbocycles. The Morgan fingerprint density at radius 1 is 1.52 bits per heavy atom. The Morgan fingerprint density at radius 2 is 2.38 bits per heavy atom. The molecule has 0 unspecified atom stereocenters. The first-order valence-corrected chi connectivity index (χ1v) is 8.10. The molecule has 118 valence electrons. The lowest BCUT2D eigenvalue weighted by Gasteiger charge is -2.44. The molecule has 2 aliphatic rings. The monoisotopic (exact) mass is 293 g/mol. The molecule has 0 bridgehead atoms. The van der Waals surface area contributed by atoms with E-state index in [0.717, 1.165) is 57.7 Å². The molecule has 3 heterocycles. The minimum absolute atomic E-state index is 0.0925. The molecule has 0 saturated carbocycles. The van der Waals surface area contributed by atoms with Crippen LogP contribution in [0.3, 0.4) is 0 Å². The van der Waals surface area contributed by atoms with E-state index in [-0.39, 0.29) is 11.7 Å². The summed E-state index contributed by atoms with van der Waals surface area (Å²) in [5.41, 5.74) is 2.28. The van der Waals surface area contributed by atoms with Crippen molar-refractivity contribution in [1.82, 2.24) is 14.9 Å². The molecular formula is C16H27N3O2. The highest BCUT2D eigenvalue weighted by Gasteiger charge is 2.47. The van der Waals surface area contributed by atoms with Crippen molar-refractivity contribution < 1.29 is 9.47 Å². The average molecular weight is 293 g/mol. The zero-order valence-corrected chi connectivity index (χ0v) is 13.4. The lowest BCUT2D eigenvalue weighted by atomic mass is 9.86. The molecule has 21 heavy (non-hydrogen) atoms. The van der Waals surface area contributed by atoms with Gasteiger partial charge in [-0.3, -0.25) is 4.90 Å². The number of nitrogens with one attached hydrogen (secondary N) is 1. The van der Waals surface area contributed by atoms with Crippen molar-refractivity contribution in [3.63, 3.8) is 0 Å². The zero-order chi connectivity index (χ0) is 14.9. The first-order valence-electron chi connectivity index (χ1n) is 8.10. The van der Waals surface area contributed by atoms with Crippen LogP contribution in [-0.2, 0) is 22.4 Å². The van der Waals surface area contributed by atoms with Gasteiger partial charge in [0.15, 0.2) is 0 Å². The number of H-pyrrole nitrogens is 1. The minimum Gasteiger partial charge on any atom is -0.378 e. The van der Waals surface area contributed by atoms with Crippen LogP contribution in [0.1, 0.15) is 43.4 Å². The number of aromatic nitrogens is 2. The van der Waals surface area contributed by atoms with Gasteiger partial charge in [0.25, 0.3) is 0 Å². The third kappa shape index (κ3) is 2.87. The maximum atomic E-state index is 6.11. The second-order valence-electron chi connectivity index (χ2n) is 6.35. The van der Waals surface area contributed by atoms with Gasteiger partial charge >= 0.3 is 0 Å². The van der Waals surface area contributed by atoms with Crippen LogP contribution >= 0.6 is 0 Å².